The van der Waals surface area contributed by atoms with E-state index in [1.54, 1.807) is 30.3 Å². The highest BCUT2D eigenvalue weighted by molar-refractivity contribution is 6.30. The molecule has 1 saturated carbocycles. The van der Waals surface area contributed by atoms with E-state index in [1.807, 2.05) is 42.5 Å². The fourth-order valence-corrected chi connectivity index (χ4v) is 4.05. The van der Waals surface area contributed by atoms with Crippen LogP contribution in [0.3, 0.4) is 0 Å². The summed E-state index contributed by atoms with van der Waals surface area (Å²) in [7, 11) is 0. The Bertz CT molecular complexity index is 1360. The van der Waals surface area contributed by atoms with Crippen LogP contribution < -0.4 is 11.3 Å². The van der Waals surface area contributed by atoms with E-state index < -0.39 is 5.41 Å². The van der Waals surface area contributed by atoms with E-state index in [1.165, 1.54) is 4.68 Å². The molecule has 5 rings (SSSR count). The van der Waals surface area contributed by atoms with Gasteiger partial charge >= 0.3 is 0 Å². The van der Waals surface area contributed by atoms with Crippen molar-refractivity contribution in [3.63, 3.8) is 0 Å². The van der Waals surface area contributed by atoms with Crippen molar-refractivity contribution in [3.8, 4) is 16.9 Å². The minimum absolute atomic E-state index is 0.205. The number of hydrogen-bond acceptors (Lipinski definition) is 3. The van der Waals surface area contributed by atoms with Crippen molar-refractivity contribution < 1.29 is 4.79 Å². The predicted molar refractivity (Wildman–Crippen MR) is 118 cm³/mol. The van der Waals surface area contributed by atoms with Crippen molar-refractivity contribution >= 4 is 28.3 Å². The summed E-state index contributed by atoms with van der Waals surface area (Å²) in [6.45, 7) is 0. The molecule has 0 atom stereocenters. The monoisotopic (exact) mass is 415 g/mol. The average molecular weight is 416 g/mol. The van der Waals surface area contributed by atoms with Gasteiger partial charge in [0.05, 0.1) is 22.2 Å². The van der Waals surface area contributed by atoms with Crippen molar-refractivity contribution in [2.24, 2.45) is 5.73 Å². The van der Waals surface area contributed by atoms with Crippen LogP contribution in [0.5, 0.6) is 0 Å². The summed E-state index contributed by atoms with van der Waals surface area (Å²) in [6.07, 6.45) is 1.51. The van der Waals surface area contributed by atoms with E-state index in [4.69, 9.17) is 22.4 Å². The average Bonchev–Trinajstić information content (AvgIpc) is 3.58. The number of amides is 1. The quantitative estimate of drug-likeness (QED) is 0.542. The summed E-state index contributed by atoms with van der Waals surface area (Å²) in [5.74, 6) is -0.302. The molecule has 0 bridgehead atoms. The maximum atomic E-state index is 13.1. The molecule has 0 unspecified atom stereocenters. The lowest BCUT2D eigenvalue weighted by Gasteiger charge is -2.15. The molecule has 0 spiro atoms. The van der Waals surface area contributed by atoms with Gasteiger partial charge in [0.25, 0.3) is 5.56 Å². The van der Waals surface area contributed by atoms with E-state index >= 15 is 0 Å². The first kappa shape index (κ1) is 18.6. The lowest BCUT2D eigenvalue weighted by atomic mass is 9.92. The van der Waals surface area contributed by atoms with Crippen molar-refractivity contribution in [2.75, 3.05) is 0 Å². The minimum atomic E-state index is -0.587. The van der Waals surface area contributed by atoms with Crippen LogP contribution >= 0.6 is 11.6 Å². The van der Waals surface area contributed by atoms with Crippen LogP contribution in [0, 0.1) is 0 Å². The summed E-state index contributed by atoms with van der Waals surface area (Å²) in [5.41, 5.74) is 7.89. The summed E-state index contributed by atoms with van der Waals surface area (Å²) in [6, 6.07) is 22.1. The zero-order valence-corrected chi connectivity index (χ0v) is 16.8. The van der Waals surface area contributed by atoms with Crippen molar-refractivity contribution in [1.29, 1.82) is 0 Å². The van der Waals surface area contributed by atoms with E-state index in [2.05, 4.69) is 0 Å². The molecule has 1 aromatic heterocycles. The smallest absolute Gasteiger partial charge is 0.279 e. The predicted octanol–water partition coefficient (Wildman–Crippen LogP) is 4.22. The van der Waals surface area contributed by atoms with Gasteiger partial charge in [0.15, 0.2) is 0 Å². The van der Waals surface area contributed by atoms with Crippen LogP contribution in [0.2, 0.25) is 5.02 Å². The first-order valence-electron chi connectivity index (χ1n) is 9.68. The third-order valence-corrected chi connectivity index (χ3v) is 6.04. The van der Waals surface area contributed by atoms with Gasteiger partial charge in [0.1, 0.15) is 0 Å². The molecule has 1 fully saturated rings. The molecule has 4 aromatic rings. The molecule has 6 heteroatoms. The number of nitrogens with zero attached hydrogens (tertiary/aromatic N) is 2. The standard InChI is InChI=1S/C24H18ClN3O2/c25-17-8-10-18(11-9-17)28-22(29)20-7-2-1-6-19(20)21(27-28)15-4-3-5-16(14-15)24(12-13-24)23(26)30/h1-11,14H,12-13H2,(H2,26,30). The van der Waals surface area contributed by atoms with Crippen LogP contribution in [0.15, 0.2) is 77.6 Å². The Balaban J connectivity index is 1.76. The second-order valence-corrected chi connectivity index (χ2v) is 8.05. The second kappa shape index (κ2) is 6.82. The fourth-order valence-electron chi connectivity index (χ4n) is 3.93. The fraction of sp³-hybridized carbons (Fsp3) is 0.125. The number of rotatable bonds is 4. The van der Waals surface area contributed by atoms with Crippen LogP contribution in [0.4, 0.5) is 0 Å². The van der Waals surface area contributed by atoms with Crippen LogP contribution in [0.25, 0.3) is 27.7 Å². The van der Waals surface area contributed by atoms with Crippen LogP contribution in [-0.4, -0.2) is 15.7 Å². The number of nitrogens with two attached hydrogens (primary N) is 1. The zero-order valence-electron chi connectivity index (χ0n) is 16.0. The number of fused-ring (bicyclic) bond motifs is 1. The Morgan fingerprint density at radius 1 is 0.967 bits per heavy atom. The molecule has 5 nitrogen and oxygen atoms in total. The largest absolute Gasteiger partial charge is 0.369 e. The molecule has 0 saturated heterocycles. The molecule has 2 N–H and O–H groups in total. The third-order valence-electron chi connectivity index (χ3n) is 5.79. The van der Waals surface area contributed by atoms with Gasteiger partial charge in [-0.05, 0) is 54.8 Å². The SMILES string of the molecule is NC(=O)C1(c2cccc(-c3nn(-c4ccc(Cl)cc4)c(=O)c4ccccc34)c2)CC1. The number of hydrogen-bond donors (Lipinski definition) is 1. The molecule has 0 aliphatic heterocycles. The Hall–Kier alpha value is -3.44. The highest BCUT2D eigenvalue weighted by atomic mass is 35.5. The van der Waals surface area contributed by atoms with Gasteiger partial charge in [-0.1, -0.05) is 48.0 Å². The van der Waals surface area contributed by atoms with E-state index in [-0.39, 0.29) is 11.5 Å². The zero-order chi connectivity index (χ0) is 20.9. The van der Waals surface area contributed by atoms with Crippen molar-refractivity contribution in [3.05, 3.63) is 93.7 Å². The number of halogens is 1. The van der Waals surface area contributed by atoms with Crippen molar-refractivity contribution in [1.82, 2.24) is 9.78 Å². The summed E-state index contributed by atoms with van der Waals surface area (Å²) < 4.78 is 1.39. The molecule has 1 amide bonds. The number of benzene rings is 3. The topological polar surface area (TPSA) is 78.0 Å². The molecule has 1 aliphatic rings. The number of primary amides is 1. The molecule has 3 aromatic carbocycles. The van der Waals surface area contributed by atoms with Gasteiger partial charge in [-0.25, -0.2) is 0 Å². The van der Waals surface area contributed by atoms with Gasteiger partial charge < -0.3 is 5.73 Å². The highest BCUT2D eigenvalue weighted by Crippen LogP contribution is 2.48. The molecular formula is C24H18ClN3O2. The third kappa shape index (κ3) is 2.90. The Morgan fingerprint density at radius 3 is 2.33 bits per heavy atom. The first-order chi connectivity index (χ1) is 14.5. The molecular weight excluding hydrogens is 398 g/mol. The maximum absolute atomic E-state index is 13.1. The summed E-state index contributed by atoms with van der Waals surface area (Å²) in [4.78, 5) is 25.1. The van der Waals surface area contributed by atoms with Crippen molar-refractivity contribution in [2.45, 2.75) is 18.3 Å². The lowest BCUT2D eigenvalue weighted by molar-refractivity contribution is -0.120. The lowest BCUT2D eigenvalue weighted by Crippen LogP contribution is -2.28. The molecule has 30 heavy (non-hydrogen) atoms. The molecule has 1 aliphatic carbocycles. The minimum Gasteiger partial charge on any atom is -0.369 e. The summed E-state index contributed by atoms with van der Waals surface area (Å²) in [5, 5.41) is 6.62. The highest BCUT2D eigenvalue weighted by Gasteiger charge is 2.50. The Kier molecular flexibility index (Phi) is 4.22. The maximum Gasteiger partial charge on any atom is 0.279 e. The van der Waals surface area contributed by atoms with Crippen LogP contribution in [-0.2, 0) is 10.2 Å². The first-order valence-corrected chi connectivity index (χ1v) is 10.1. The molecule has 0 radical (unpaired) electrons. The molecule has 1 heterocycles. The molecule has 148 valence electrons. The van der Waals surface area contributed by atoms with E-state index in [0.717, 1.165) is 29.4 Å². The normalized spacial score (nSPS) is 14.6. The Morgan fingerprint density at radius 2 is 1.67 bits per heavy atom. The number of carbonyl (C=O) groups excluding carboxylic acids is 1. The van der Waals surface area contributed by atoms with Gasteiger partial charge in [-0.15, -0.1) is 0 Å². The van der Waals surface area contributed by atoms with E-state index in [9.17, 15) is 9.59 Å². The number of carbonyl (C=O) groups is 1. The Labute approximate surface area is 177 Å². The van der Waals surface area contributed by atoms with Crippen LogP contribution in [0.1, 0.15) is 18.4 Å². The number of aromatic nitrogens is 2. The van der Waals surface area contributed by atoms with Gasteiger partial charge in [-0.2, -0.15) is 9.78 Å². The second-order valence-electron chi connectivity index (χ2n) is 7.61. The van der Waals surface area contributed by atoms with E-state index in [0.29, 0.717) is 21.8 Å². The van der Waals surface area contributed by atoms with Gasteiger partial charge in [-0.3, -0.25) is 9.59 Å². The van der Waals surface area contributed by atoms with Gasteiger partial charge in [0, 0.05) is 16.0 Å². The summed E-state index contributed by atoms with van der Waals surface area (Å²) >= 11 is 6.01. The van der Waals surface area contributed by atoms with Gasteiger partial charge in [0.2, 0.25) is 5.91 Å².